The topological polar surface area (TPSA) is 63.6 Å². The van der Waals surface area contributed by atoms with Crippen LogP contribution in [0, 0.1) is 0 Å². The Morgan fingerprint density at radius 3 is 2.42 bits per heavy atom. The lowest BCUT2D eigenvalue weighted by atomic mass is 9.99. The Hall–Kier alpha value is -2.36. The predicted molar refractivity (Wildman–Crippen MR) is 71.5 cm³/mol. The standard InChI is InChI=1S/C15H14O4/c1-9(2)19-15(18)13-11-6-4-3-5-10(11)7-8-12(13)14(16)17/h3-9H,1-2H3,(H,16,17). The van der Waals surface area contributed by atoms with Gasteiger partial charge in [-0.15, -0.1) is 0 Å². The summed E-state index contributed by atoms with van der Waals surface area (Å²) in [7, 11) is 0. The maximum atomic E-state index is 12.1. The van der Waals surface area contributed by atoms with Gasteiger partial charge in [0.1, 0.15) is 0 Å². The normalized spacial score (nSPS) is 10.7. The van der Waals surface area contributed by atoms with E-state index in [4.69, 9.17) is 4.74 Å². The van der Waals surface area contributed by atoms with Crippen molar-refractivity contribution in [3.63, 3.8) is 0 Å². The first-order valence-corrected chi connectivity index (χ1v) is 5.96. The summed E-state index contributed by atoms with van der Waals surface area (Å²) in [4.78, 5) is 23.4. The molecule has 98 valence electrons. The van der Waals surface area contributed by atoms with E-state index in [1.807, 2.05) is 12.1 Å². The second kappa shape index (κ2) is 5.10. The molecule has 0 fully saturated rings. The lowest BCUT2D eigenvalue weighted by molar-refractivity contribution is 0.0373. The predicted octanol–water partition coefficient (Wildman–Crippen LogP) is 3.10. The molecule has 4 nitrogen and oxygen atoms in total. The van der Waals surface area contributed by atoms with Crippen molar-refractivity contribution < 1.29 is 19.4 Å². The molecule has 0 aromatic heterocycles. The van der Waals surface area contributed by atoms with E-state index in [2.05, 4.69) is 0 Å². The number of fused-ring (bicyclic) bond motifs is 1. The van der Waals surface area contributed by atoms with Crippen LogP contribution in [-0.4, -0.2) is 23.1 Å². The van der Waals surface area contributed by atoms with Crippen LogP contribution in [0.3, 0.4) is 0 Å². The zero-order chi connectivity index (χ0) is 14.0. The largest absolute Gasteiger partial charge is 0.478 e. The first-order chi connectivity index (χ1) is 9.00. The van der Waals surface area contributed by atoms with Crippen LogP contribution >= 0.6 is 0 Å². The fourth-order valence-electron chi connectivity index (χ4n) is 1.94. The molecule has 0 saturated heterocycles. The Morgan fingerprint density at radius 2 is 1.79 bits per heavy atom. The van der Waals surface area contributed by atoms with Gasteiger partial charge < -0.3 is 9.84 Å². The second-order valence-electron chi connectivity index (χ2n) is 4.47. The summed E-state index contributed by atoms with van der Waals surface area (Å²) in [6.07, 6.45) is -0.298. The summed E-state index contributed by atoms with van der Waals surface area (Å²) in [6, 6.07) is 10.3. The van der Waals surface area contributed by atoms with E-state index in [1.54, 1.807) is 32.0 Å². The van der Waals surface area contributed by atoms with Gasteiger partial charge in [0, 0.05) is 0 Å². The molecule has 0 saturated carbocycles. The summed E-state index contributed by atoms with van der Waals surface area (Å²) in [5.74, 6) is -1.74. The zero-order valence-electron chi connectivity index (χ0n) is 10.7. The molecule has 2 rings (SSSR count). The highest BCUT2D eigenvalue weighted by molar-refractivity contribution is 6.12. The van der Waals surface area contributed by atoms with Crippen molar-refractivity contribution in [2.75, 3.05) is 0 Å². The average Bonchev–Trinajstić information content (AvgIpc) is 2.36. The molecule has 0 amide bonds. The van der Waals surface area contributed by atoms with E-state index in [9.17, 15) is 14.7 Å². The van der Waals surface area contributed by atoms with Gasteiger partial charge in [-0.1, -0.05) is 30.3 Å². The van der Waals surface area contributed by atoms with Crippen LogP contribution in [0.5, 0.6) is 0 Å². The number of hydrogen-bond donors (Lipinski definition) is 1. The highest BCUT2D eigenvalue weighted by Crippen LogP contribution is 2.24. The summed E-state index contributed by atoms with van der Waals surface area (Å²) in [5, 5.41) is 10.6. The minimum absolute atomic E-state index is 0.0376. The van der Waals surface area contributed by atoms with Gasteiger partial charge in [0.25, 0.3) is 0 Å². The molecule has 0 aliphatic heterocycles. The first-order valence-electron chi connectivity index (χ1n) is 5.96. The number of benzene rings is 2. The number of carbonyl (C=O) groups is 2. The van der Waals surface area contributed by atoms with Crippen LogP contribution in [0.1, 0.15) is 34.6 Å². The molecule has 0 spiro atoms. The molecule has 0 bridgehead atoms. The van der Waals surface area contributed by atoms with Crippen molar-refractivity contribution in [3.05, 3.63) is 47.5 Å². The van der Waals surface area contributed by atoms with Crippen LogP contribution < -0.4 is 0 Å². The quantitative estimate of drug-likeness (QED) is 0.859. The molecule has 2 aromatic carbocycles. The summed E-state index contributed by atoms with van der Waals surface area (Å²) in [6.45, 7) is 3.45. The Kier molecular flexibility index (Phi) is 3.51. The Balaban J connectivity index is 2.69. The number of rotatable bonds is 3. The molecule has 0 aliphatic carbocycles. The van der Waals surface area contributed by atoms with Crippen LogP contribution in [0.2, 0.25) is 0 Å². The SMILES string of the molecule is CC(C)OC(=O)c1c(C(=O)O)ccc2ccccc12. The molecule has 2 aromatic rings. The maximum absolute atomic E-state index is 12.1. The third kappa shape index (κ3) is 2.57. The van der Waals surface area contributed by atoms with E-state index < -0.39 is 11.9 Å². The summed E-state index contributed by atoms with van der Waals surface area (Å²) < 4.78 is 5.13. The molecule has 4 heteroatoms. The van der Waals surface area contributed by atoms with Crippen LogP contribution in [0.15, 0.2) is 36.4 Å². The molecule has 1 N–H and O–H groups in total. The van der Waals surface area contributed by atoms with E-state index in [-0.39, 0.29) is 17.2 Å². The van der Waals surface area contributed by atoms with Gasteiger partial charge in [-0.25, -0.2) is 9.59 Å². The van der Waals surface area contributed by atoms with E-state index in [0.29, 0.717) is 5.39 Å². The van der Waals surface area contributed by atoms with Crippen molar-refractivity contribution in [2.24, 2.45) is 0 Å². The minimum atomic E-state index is -1.14. The van der Waals surface area contributed by atoms with Crippen molar-refractivity contribution in [1.29, 1.82) is 0 Å². The third-order valence-electron chi connectivity index (χ3n) is 2.71. The van der Waals surface area contributed by atoms with Crippen LogP contribution in [0.4, 0.5) is 0 Å². The number of aromatic carboxylic acids is 1. The Morgan fingerprint density at radius 1 is 1.11 bits per heavy atom. The van der Waals surface area contributed by atoms with E-state index >= 15 is 0 Å². The number of carboxylic acid groups (broad SMARTS) is 1. The van der Waals surface area contributed by atoms with Gasteiger partial charge >= 0.3 is 11.9 Å². The molecule has 0 heterocycles. The molecular weight excluding hydrogens is 244 g/mol. The van der Waals surface area contributed by atoms with Crippen molar-refractivity contribution in [1.82, 2.24) is 0 Å². The second-order valence-corrected chi connectivity index (χ2v) is 4.47. The van der Waals surface area contributed by atoms with E-state index in [0.717, 1.165) is 5.39 Å². The smallest absolute Gasteiger partial charge is 0.339 e. The maximum Gasteiger partial charge on any atom is 0.339 e. The molecule has 19 heavy (non-hydrogen) atoms. The van der Waals surface area contributed by atoms with Crippen molar-refractivity contribution in [3.8, 4) is 0 Å². The monoisotopic (exact) mass is 258 g/mol. The third-order valence-corrected chi connectivity index (χ3v) is 2.71. The summed E-state index contributed by atoms with van der Waals surface area (Å²) >= 11 is 0. The fraction of sp³-hybridized carbons (Fsp3) is 0.200. The molecule has 0 radical (unpaired) electrons. The van der Waals surface area contributed by atoms with Crippen molar-refractivity contribution in [2.45, 2.75) is 20.0 Å². The number of esters is 1. The number of ether oxygens (including phenoxy) is 1. The Labute approximate surface area is 110 Å². The van der Waals surface area contributed by atoms with Crippen molar-refractivity contribution >= 4 is 22.7 Å². The number of carbonyl (C=O) groups excluding carboxylic acids is 1. The molecule has 0 atom stereocenters. The fourth-order valence-corrected chi connectivity index (χ4v) is 1.94. The molecule has 0 unspecified atom stereocenters. The number of hydrogen-bond acceptors (Lipinski definition) is 3. The minimum Gasteiger partial charge on any atom is -0.478 e. The molecule has 0 aliphatic rings. The van der Waals surface area contributed by atoms with Gasteiger partial charge in [0.15, 0.2) is 0 Å². The van der Waals surface area contributed by atoms with Gasteiger partial charge in [-0.3, -0.25) is 0 Å². The van der Waals surface area contributed by atoms with E-state index in [1.165, 1.54) is 6.07 Å². The van der Waals surface area contributed by atoms with Gasteiger partial charge in [-0.2, -0.15) is 0 Å². The van der Waals surface area contributed by atoms with Crippen LogP contribution in [-0.2, 0) is 4.74 Å². The highest BCUT2D eigenvalue weighted by atomic mass is 16.5. The summed E-state index contributed by atoms with van der Waals surface area (Å²) in [5.41, 5.74) is 0.0728. The zero-order valence-corrected chi connectivity index (χ0v) is 10.7. The molecular formula is C15H14O4. The highest BCUT2D eigenvalue weighted by Gasteiger charge is 2.21. The van der Waals surface area contributed by atoms with Gasteiger partial charge in [0.05, 0.1) is 17.2 Å². The lowest BCUT2D eigenvalue weighted by Gasteiger charge is -2.12. The number of carboxylic acids is 1. The van der Waals surface area contributed by atoms with Crippen LogP contribution in [0.25, 0.3) is 10.8 Å². The van der Waals surface area contributed by atoms with Gasteiger partial charge in [0.2, 0.25) is 0 Å². The lowest BCUT2D eigenvalue weighted by Crippen LogP contribution is -2.16. The average molecular weight is 258 g/mol. The van der Waals surface area contributed by atoms with Gasteiger partial charge in [-0.05, 0) is 30.7 Å². The Bertz CT molecular complexity index is 644. The first kappa shape index (κ1) is 13.1.